The SMILES string of the molecule is CCN(CC(C)C(=O)O)c1ccc(S(C)(=O)=O)cc1. The summed E-state index contributed by atoms with van der Waals surface area (Å²) in [6.45, 7) is 4.63. The molecule has 0 aliphatic rings. The van der Waals surface area contributed by atoms with Gasteiger partial charge in [-0.1, -0.05) is 6.92 Å². The van der Waals surface area contributed by atoms with Crippen LogP contribution >= 0.6 is 0 Å². The third kappa shape index (κ3) is 4.24. The van der Waals surface area contributed by atoms with E-state index in [4.69, 9.17) is 5.11 Å². The zero-order chi connectivity index (χ0) is 14.6. The van der Waals surface area contributed by atoms with Gasteiger partial charge in [-0.15, -0.1) is 0 Å². The number of carbonyl (C=O) groups is 1. The molecule has 0 bridgehead atoms. The number of nitrogens with zero attached hydrogens (tertiary/aromatic N) is 1. The van der Waals surface area contributed by atoms with Gasteiger partial charge in [-0.25, -0.2) is 8.42 Å². The smallest absolute Gasteiger partial charge is 0.308 e. The molecule has 0 saturated heterocycles. The van der Waals surface area contributed by atoms with Crippen molar-refractivity contribution in [3.63, 3.8) is 0 Å². The Balaban J connectivity index is 2.91. The van der Waals surface area contributed by atoms with E-state index in [2.05, 4.69) is 0 Å². The third-order valence-corrected chi connectivity index (χ3v) is 4.06. The summed E-state index contributed by atoms with van der Waals surface area (Å²) in [4.78, 5) is 13.0. The maximum Gasteiger partial charge on any atom is 0.308 e. The van der Waals surface area contributed by atoms with Crippen molar-refractivity contribution < 1.29 is 18.3 Å². The predicted molar refractivity (Wildman–Crippen MR) is 74.2 cm³/mol. The van der Waals surface area contributed by atoms with Crippen LogP contribution in [-0.4, -0.2) is 38.8 Å². The molecular weight excluding hydrogens is 266 g/mol. The van der Waals surface area contributed by atoms with Gasteiger partial charge in [0.2, 0.25) is 0 Å². The van der Waals surface area contributed by atoms with Crippen LogP contribution < -0.4 is 4.90 Å². The third-order valence-electron chi connectivity index (χ3n) is 2.93. The van der Waals surface area contributed by atoms with E-state index in [9.17, 15) is 13.2 Å². The van der Waals surface area contributed by atoms with Crippen molar-refractivity contribution in [2.75, 3.05) is 24.2 Å². The summed E-state index contributed by atoms with van der Waals surface area (Å²) in [5, 5.41) is 8.92. The fourth-order valence-electron chi connectivity index (χ4n) is 1.73. The second-order valence-corrected chi connectivity index (χ2v) is 6.56. The summed E-state index contributed by atoms with van der Waals surface area (Å²) in [5.41, 5.74) is 0.822. The average Bonchev–Trinajstić information content (AvgIpc) is 2.34. The van der Waals surface area contributed by atoms with Gasteiger partial charge in [0.05, 0.1) is 10.8 Å². The first-order valence-corrected chi connectivity index (χ1v) is 7.92. The zero-order valence-corrected chi connectivity index (χ0v) is 12.1. The zero-order valence-electron chi connectivity index (χ0n) is 11.3. The molecule has 1 N–H and O–H groups in total. The lowest BCUT2D eigenvalue weighted by atomic mass is 10.1. The highest BCUT2D eigenvalue weighted by Gasteiger charge is 2.16. The molecule has 1 aromatic rings. The number of carboxylic acids is 1. The maximum absolute atomic E-state index is 11.4. The van der Waals surface area contributed by atoms with Crippen molar-refractivity contribution in [1.82, 2.24) is 0 Å². The molecule has 0 fully saturated rings. The number of sulfone groups is 1. The second kappa shape index (κ2) is 6.06. The molecule has 1 aromatic carbocycles. The summed E-state index contributed by atoms with van der Waals surface area (Å²) in [6.07, 6.45) is 1.16. The number of benzene rings is 1. The first-order valence-electron chi connectivity index (χ1n) is 6.03. The monoisotopic (exact) mass is 285 g/mol. The quantitative estimate of drug-likeness (QED) is 0.860. The van der Waals surface area contributed by atoms with Crippen LogP contribution in [0.15, 0.2) is 29.2 Å². The van der Waals surface area contributed by atoms with Gasteiger partial charge in [0.1, 0.15) is 0 Å². The fourth-order valence-corrected chi connectivity index (χ4v) is 2.36. The number of anilines is 1. The first kappa shape index (κ1) is 15.5. The van der Waals surface area contributed by atoms with Gasteiger partial charge >= 0.3 is 5.97 Å². The van der Waals surface area contributed by atoms with Gasteiger partial charge in [0.15, 0.2) is 9.84 Å². The summed E-state index contributed by atoms with van der Waals surface area (Å²) < 4.78 is 22.7. The van der Waals surface area contributed by atoms with Gasteiger partial charge in [0.25, 0.3) is 0 Å². The van der Waals surface area contributed by atoms with Crippen LogP contribution in [0.2, 0.25) is 0 Å². The number of hydrogen-bond acceptors (Lipinski definition) is 4. The molecule has 0 aliphatic heterocycles. The molecule has 0 heterocycles. The van der Waals surface area contributed by atoms with Crippen LogP contribution in [0.4, 0.5) is 5.69 Å². The van der Waals surface area contributed by atoms with Crippen LogP contribution in [-0.2, 0) is 14.6 Å². The van der Waals surface area contributed by atoms with Crippen molar-refractivity contribution in [1.29, 1.82) is 0 Å². The minimum absolute atomic E-state index is 0.263. The molecule has 6 heteroatoms. The molecular formula is C13H19NO4S. The average molecular weight is 285 g/mol. The van der Waals surface area contributed by atoms with Crippen LogP contribution in [0.3, 0.4) is 0 Å². The van der Waals surface area contributed by atoms with Gasteiger partial charge in [0, 0.05) is 25.0 Å². The molecule has 1 unspecified atom stereocenters. The topological polar surface area (TPSA) is 74.7 Å². The van der Waals surface area contributed by atoms with Gasteiger partial charge in [-0.05, 0) is 31.2 Å². The molecule has 106 valence electrons. The summed E-state index contributed by atoms with van der Waals surface area (Å²) in [5.74, 6) is -1.32. The van der Waals surface area contributed by atoms with Gasteiger partial charge in [-0.2, -0.15) is 0 Å². The van der Waals surface area contributed by atoms with E-state index in [1.807, 2.05) is 11.8 Å². The molecule has 0 amide bonds. The molecule has 19 heavy (non-hydrogen) atoms. The van der Waals surface area contributed by atoms with Crippen molar-refractivity contribution >= 4 is 21.5 Å². The molecule has 0 aliphatic carbocycles. The predicted octanol–water partition coefficient (Wildman–Crippen LogP) is 1.64. The van der Waals surface area contributed by atoms with E-state index in [0.717, 1.165) is 11.9 Å². The van der Waals surface area contributed by atoms with Crippen molar-refractivity contribution in [2.45, 2.75) is 18.7 Å². The van der Waals surface area contributed by atoms with Crippen LogP contribution in [0.1, 0.15) is 13.8 Å². The van der Waals surface area contributed by atoms with E-state index >= 15 is 0 Å². The minimum atomic E-state index is -3.20. The van der Waals surface area contributed by atoms with E-state index in [1.54, 1.807) is 31.2 Å². The lowest BCUT2D eigenvalue weighted by molar-refractivity contribution is -0.140. The molecule has 1 atom stereocenters. The lowest BCUT2D eigenvalue weighted by Gasteiger charge is -2.25. The van der Waals surface area contributed by atoms with Crippen LogP contribution in [0, 0.1) is 5.92 Å². The number of hydrogen-bond donors (Lipinski definition) is 1. The summed E-state index contributed by atoms with van der Waals surface area (Å²) in [7, 11) is -3.20. The molecule has 0 aromatic heterocycles. The maximum atomic E-state index is 11.4. The largest absolute Gasteiger partial charge is 0.481 e. The highest BCUT2D eigenvalue weighted by atomic mass is 32.2. The Morgan fingerprint density at radius 2 is 1.84 bits per heavy atom. The Hall–Kier alpha value is -1.56. The van der Waals surface area contributed by atoms with Crippen LogP contribution in [0.5, 0.6) is 0 Å². The highest BCUT2D eigenvalue weighted by molar-refractivity contribution is 7.90. The fraction of sp³-hybridized carbons (Fsp3) is 0.462. The Morgan fingerprint density at radius 1 is 1.32 bits per heavy atom. The Labute approximate surface area is 113 Å². The van der Waals surface area contributed by atoms with Crippen molar-refractivity contribution in [3.05, 3.63) is 24.3 Å². The molecule has 1 rings (SSSR count). The highest BCUT2D eigenvalue weighted by Crippen LogP contribution is 2.19. The molecule has 0 saturated carbocycles. The summed E-state index contributed by atoms with van der Waals surface area (Å²) >= 11 is 0. The molecule has 0 spiro atoms. The Morgan fingerprint density at radius 3 is 2.21 bits per heavy atom. The molecule has 0 radical (unpaired) electrons. The standard InChI is InChI=1S/C13H19NO4S/c1-4-14(9-10(2)13(15)16)11-5-7-12(8-6-11)19(3,17)18/h5-8,10H,4,9H2,1-3H3,(H,15,16). The minimum Gasteiger partial charge on any atom is -0.481 e. The van der Waals surface area contributed by atoms with Crippen molar-refractivity contribution in [3.8, 4) is 0 Å². The van der Waals surface area contributed by atoms with E-state index in [0.29, 0.717) is 13.1 Å². The van der Waals surface area contributed by atoms with E-state index in [1.165, 1.54) is 0 Å². The first-order chi connectivity index (χ1) is 8.75. The van der Waals surface area contributed by atoms with Gasteiger partial charge < -0.3 is 10.0 Å². The summed E-state index contributed by atoms with van der Waals surface area (Å²) in [6, 6.07) is 6.49. The molecule has 5 nitrogen and oxygen atoms in total. The van der Waals surface area contributed by atoms with Gasteiger partial charge in [-0.3, -0.25) is 4.79 Å². The number of aliphatic carboxylic acids is 1. The van der Waals surface area contributed by atoms with E-state index in [-0.39, 0.29) is 4.90 Å². The van der Waals surface area contributed by atoms with Crippen molar-refractivity contribution in [2.24, 2.45) is 5.92 Å². The van der Waals surface area contributed by atoms with Crippen LogP contribution in [0.25, 0.3) is 0 Å². The normalized spacial score (nSPS) is 13.0. The Bertz CT molecular complexity index is 536. The number of rotatable bonds is 6. The lowest BCUT2D eigenvalue weighted by Crippen LogP contribution is -2.31. The second-order valence-electron chi connectivity index (χ2n) is 4.54. The number of carboxylic acid groups (broad SMARTS) is 1. The van der Waals surface area contributed by atoms with E-state index < -0.39 is 21.7 Å². The Kier molecular flexibility index (Phi) is 4.94.